The molecule has 2 N–H and O–H groups in total. The SMILES string of the molecule is C/C=C(/CCNCc1ccc(/C=C/C(=O)NN=O)cc1)c1ccccc1C. The number of amides is 1. The fourth-order valence-corrected chi connectivity index (χ4v) is 2.82. The molecular formula is C22H25N3O2. The normalized spacial score (nSPS) is 11.6. The number of nitroso groups, excluding NO2 is 1. The fraction of sp³-hybridized carbons (Fsp3) is 0.227. The van der Waals surface area contributed by atoms with Crippen LogP contribution in [0.3, 0.4) is 0 Å². The molecular weight excluding hydrogens is 338 g/mol. The third-order valence-electron chi connectivity index (χ3n) is 4.30. The molecule has 0 aliphatic carbocycles. The van der Waals surface area contributed by atoms with Crippen molar-refractivity contribution in [3.8, 4) is 0 Å². The summed E-state index contributed by atoms with van der Waals surface area (Å²) in [5.74, 6) is -0.538. The highest BCUT2D eigenvalue weighted by atomic mass is 16.3. The molecule has 2 aromatic rings. The zero-order valence-corrected chi connectivity index (χ0v) is 15.7. The van der Waals surface area contributed by atoms with E-state index in [-0.39, 0.29) is 0 Å². The van der Waals surface area contributed by atoms with Crippen LogP contribution < -0.4 is 10.7 Å². The monoisotopic (exact) mass is 363 g/mol. The average molecular weight is 363 g/mol. The van der Waals surface area contributed by atoms with E-state index in [1.165, 1.54) is 28.3 Å². The van der Waals surface area contributed by atoms with Crippen LogP contribution in [0.2, 0.25) is 0 Å². The van der Waals surface area contributed by atoms with Crippen LogP contribution in [0, 0.1) is 11.8 Å². The Bertz CT molecular complexity index is 824. The number of hydrogen-bond donors (Lipinski definition) is 2. The van der Waals surface area contributed by atoms with Crippen LogP contribution in [-0.4, -0.2) is 12.5 Å². The summed E-state index contributed by atoms with van der Waals surface area (Å²) in [6.07, 6.45) is 6.07. The summed E-state index contributed by atoms with van der Waals surface area (Å²) in [7, 11) is 0. The van der Waals surface area contributed by atoms with E-state index in [0.717, 1.165) is 25.1 Å². The molecule has 2 rings (SSSR count). The minimum atomic E-state index is -0.538. The number of nitrogens with one attached hydrogen (secondary N) is 2. The van der Waals surface area contributed by atoms with E-state index in [0.29, 0.717) is 0 Å². The second-order valence-corrected chi connectivity index (χ2v) is 6.20. The number of carbonyl (C=O) groups excluding carboxylic acids is 1. The number of aryl methyl sites for hydroxylation is 1. The number of allylic oxidation sites excluding steroid dienone is 1. The Morgan fingerprint density at radius 3 is 2.52 bits per heavy atom. The molecule has 0 aliphatic heterocycles. The van der Waals surface area contributed by atoms with Gasteiger partial charge in [-0.2, -0.15) is 0 Å². The quantitative estimate of drug-likeness (QED) is 0.300. The Kier molecular flexibility index (Phi) is 8.13. The number of hydrogen-bond acceptors (Lipinski definition) is 4. The van der Waals surface area contributed by atoms with Gasteiger partial charge in [0.15, 0.2) is 0 Å². The Balaban J connectivity index is 1.81. The van der Waals surface area contributed by atoms with Crippen LogP contribution in [0.15, 0.2) is 66.0 Å². The van der Waals surface area contributed by atoms with E-state index in [1.54, 1.807) is 6.08 Å². The number of carbonyl (C=O) groups is 1. The molecule has 0 fully saturated rings. The molecule has 2 aromatic carbocycles. The molecule has 5 nitrogen and oxygen atoms in total. The van der Waals surface area contributed by atoms with Crippen LogP contribution in [0.4, 0.5) is 0 Å². The third-order valence-corrected chi connectivity index (χ3v) is 4.30. The molecule has 0 bridgehead atoms. The maximum atomic E-state index is 11.2. The second-order valence-electron chi connectivity index (χ2n) is 6.20. The van der Waals surface area contributed by atoms with E-state index >= 15 is 0 Å². The van der Waals surface area contributed by atoms with Gasteiger partial charge in [0, 0.05) is 12.6 Å². The van der Waals surface area contributed by atoms with Crippen molar-refractivity contribution < 1.29 is 4.79 Å². The minimum absolute atomic E-state index is 0.538. The fourth-order valence-electron chi connectivity index (χ4n) is 2.82. The van der Waals surface area contributed by atoms with Crippen molar-refractivity contribution in [3.63, 3.8) is 0 Å². The van der Waals surface area contributed by atoms with Gasteiger partial charge in [0.25, 0.3) is 5.91 Å². The second kappa shape index (κ2) is 10.8. The Morgan fingerprint density at radius 1 is 1.11 bits per heavy atom. The number of benzene rings is 2. The summed E-state index contributed by atoms with van der Waals surface area (Å²) in [5, 5.41) is 5.81. The molecule has 0 spiro atoms. The first kappa shape index (κ1) is 20.3. The van der Waals surface area contributed by atoms with Gasteiger partial charge in [-0.25, -0.2) is 5.43 Å². The van der Waals surface area contributed by atoms with Gasteiger partial charge in [-0.1, -0.05) is 54.6 Å². The van der Waals surface area contributed by atoms with Gasteiger partial charge < -0.3 is 5.32 Å². The molecule has 5 heteroatoms. The highest BCUT2D eigenvalue weighted by Crippen LogP contribution is 2.21. The van der Waals surface area contributed by atoms with Crippen molar-refractivity contribution in [1.82, 2.24) is 10.7 Å². The molecule has 0 heterocycles. The Labute approximate surface area is 160 Å². The Morgan fingerprint density at radius 2 is 1.85 bits per heavy atom. The lowest BCUT2D eigenvalue weighted by Crippen LogP contribution is -2.15. The maximum absolute atomic E-state index is 11.2. The predicted molar refractivity (Wildman–Crippen MR) is 111 cm³/mol. The molecule has 0 unspecified atom stereocenters. The first-order valence-electron chi connectivity index (χ1n) is 8.95. The standard InChI is InChI=1S/C22H25N3O2/c1-3-20(21-7-5-4-6-17(21)2)14-15-23-16-19-10-8-18(9-11-19)12-13-22(26)24-25-27/h3-13,23H,14-16H2,1-2H3,(H,24,26,27)/b13-12+,20-3-. The van der Waals surface area contributed by atoms with Gasteiger partial charge >= 0.3 is 0 Å². The summed E-state index contributed by atoms with van der Waals surface area (Å²) in [6, 6.07) is 16.3. The van der Waals surface area contributed by atoms with E-state index in [2.05, 4.69) is 54.8 Å². The first-order valence-corrected chi connectivity index (χ1v) is 8.95. The van der Waals surface area contributed by atoms with Crippen LogP contribution in [0.1, 0.15) is 35.6 Å². The van der Waals surface area contributed by atoms with Crippen molar-refractivity contribution in [2.45, 2.75) is 26.8 Å². The zero-order chi connectivity index (χ0) is 19.5. The maximum Gasteiger partial charge on any atom is 0.266 e. The summed E-state index contributed by atoms with van der Waals surface area (Å²) >= 11 is 0. The van der Waals surface area contributed by atoms with Gasteiger partial charge in [-0.3, -0.25) is 4.79 Å². The van der Waals surface area contributed by atoms with Crippen LogP contribution in [-0.2, 0) is 11.3 Å². The average Bonchev–Trinajstić information content (AvgIpc) is 2.68. The van der Waals surface area contributed by atoms with Gasteiger partial charge in [0.2, 0.25) is 0 Å². The third kappa shape index (κ3) is 6.64. The van der Waals surface area contributed by atoms with Crippen LogP contribution >= 0.6 is 0 Å². The van der Waals surface area contributed by atoms with Crippen molar-refractivity contribution in [2.75, 3.05) is 6.54 Å². The molecule has 0 aromatic heterocycles. The molecule has 140 valence electrons. The molecule has 27 heavy (non-hydrogen) atoms. The van der Waals surface area contributed by atoms with Crippen molar-refractivity contribution in [3.05, 3.63) is 87.8 Å². The van der Waals surface area contributed by atoms with Gasteiger partial charge in [-0.05, 0) is 60.7 Å². The van der Waals surface area contributed by atoms with Crippen molar-refractivity contribution >= 4 is 17.6 Å². The van der Waals surface area contributed by atoms with E-state index in [4.69, 9.17) is 0 Å². The highest BCUT2D eigenvalue weighted by molar-refractivity contribution is 5.91. The minimum Gasteiger partial charge on any atom is -0.312 e. The van der Waals surface area contributed by atoms with Crippen molar-refractivity contribution in [2.24, 2.45) is 5.29 Å². The molecule has 0 saturated heterocycles. The lowest BCUT2D eigenvalue weighted by Gasteiger charge is -2.11. The van der Waals surface area contributed by atoms with Gasteiger partial charge in [-0.15, -0.1) is 4.91 Å². The molecule has 1 amide bonds. The van der Waals surface area contributed by atoms with E-state index < -0.39 is 5.91 Å². The summed E-state index contributed by atoms with van der Waals surface area (Å²) in [5.41, 5.74) is 7.84. The lowest BCUT2D eigenvalue weighted by atomic mass is 9.98. The summed E-state index contributed by atoms with van der Waals surface area (Å²) in [4.78, 5) is 21.1. The van der Waals surface area contributed by atoms with E-state index in [1.807, 2.05) is 29.7 Å². The predicted octanol–water partition coefficient (Wildman–Crippen LogP) is 4.39. The smallest absolute Gasteiger partial charge is 0.266 e. The number of nitrogens with zero attached hydrogens (tertiary/aromatic N) is 1. The van der Waals surface area contributed by atoms with Crippen molar-refractivity contribution in [1.29, 1.82) is 0 Å². The highest BCUT2D eigenvalue weighted by Gasteiger charge is 2.03. The topological polar surface area (TPSA) is 70.6 Å². The van der Waals surface area contributed by atoms with Crippen LogP contribution in [0.25, 0.3) is 11.6 Å². The van der Waals surface area contributed by atoms with E-state index in [9.17, 15) is 9.70 Å². The zero-order valence-electron chi connectivity index (χ0n) is 15.7. The Hall–Kier alpha value is -3.05. The largest absolute Gasteiger partial charge is 0.312 e. The first-order chi connectivity index (χ1) is 13.1. The lowest BCUT2D eigenvalue weighted by molar-refractivity contribution is -0.116. The summed E-state index contributed by atoms with van der Waals surface area (Å²) in [6.45, 7) is 5.90. The van der Waals surface area contributed by atoms with Gasteiger partial charge in [0.1, 0.15) is 0 Å². The molecule has 0 saturated carbocycles. The molecule has 0 radical (unpaired) electrons. The molecule has 0 aliphatic rings. The summed E-state index contributed by atoms with van der Waals surface area (Å²) < 4.78 is 0. The van der Waals surface area contributed by atoms with Gasteiger partial charge in [0.05, 0.1) is 5.29 Å². The van der Waals surface area contributed by atoms with Crippen LogP contribution in [0.5, 0.6) is 0 Å². The molecule has 0 atom stereocenters. The number of rotatable bonds is 9.